The van der Waals surface area contributed by atoms with E-state index in [1.165, 1.54) is 20.8 Å². The number of carbonyl (C=O) groups is 1. The Hall–Kier alpha value is -1.75. The minimum atomic E-state index is -1.96. The third-order valence-electron chi connectivity index (χ3n) is 23.1. The van der Waals surface area contributed by atoms with Gasteiger partial charge in [-0.05, 0) is 118 Å². The number of fused-ring (bicyclic) bond motifs is 7. The molecule has 35 unspecified atom stereocenters. The van der Waals surface area contributed by atoms with Gasteiger partial charge in [0.15, 0.2) is 25.2 Å². The molecular weight excluding hydrogens is 1120 g/mol. The van der Waals surface area contributed by atoms with Crippen molar-refractivity contribution in [3.05, 3.63) is 11.6 Å². The molecule has 0 radical (unpaired) electrons. The van der Waals surface area contributed by atoms with E-state index in [4.69, 9.17) is 47.4 Å². The molecule has 0 aromatic heterocycles. The molecule has 5 aliphatic heterocycles. The molecule has 0 spiro atoms. The predicted octanol–water partition coefficient (Wildman–Crippen LogP) is -2.55. The summed E-state index contributed by atoms with van der Waals surface area (Å²) in [5.74, 6) is -1.73. The van der Waals surface area contributed by atoms with Gasteiger partial charge in [0.2, 0.25) is 6.29 Å². The number of hydrogen-bond acceptors (Lipinski definition) is 26. The fourth-order valence-corrected chi connectivity index (χ4v) is 17.8. The molecule has 0 aromatic carbocycles. The number of allylic oxidation sites excluding steroid dienone is 2. The number of rotatable bonds is 11. The standard InChI is InChI=1S/C59H96O26/c1-22-33(64)37(68)41(72)50(77-22)84-47-28(61)18-55(7)30(56(47,8)21-60)13-14-57(9)31(55)12-11-26-27-17-54(5,6)15-16-59(27,32(63)19-58(26,57)10)53(75)85-51-43(74)45(35(66)24(3)78-51)82-52-46(38(69)34(65)23(2)79-52)83-49-42(73)39(70)44(25(4)80-49)81-48-40(71)36(67)29(62)20-76-48/h11,22-25,27-52,60-74H,12-21H2,1-10H3. The average molecular weight is 1220 g/mol. The van der Waals surface area contributed by atoms with Gasteiger partial charge in [0.25, 0.3) is 0 Å². The molecule has 4 saturated carbocycles. The fourth-order valence-electron chi connectivity index (χ4n) is 17.8. The molecule has 488 valence electrons. The van der Waals surface area contributed by atoms with Gasteiger partial charge in [-0.25, -0.2) is 0 Å². The zero-order chi connectivity index (χ0) is 62.3. The molecule has 15 N–H and O–H groups in total. The Kier molecular flexibility index (Phi) is 18.5. The number of hydrogen-bond donors (Lipinski definition) is 15. The maximum Gasteiger partial charge on any atom is 0.317 e. The normalized spacial score (nSPS) is 57.0. The summed E-state index contributed by atoms with van der Waals surface area (Å²) in [6.45, 7) is 17.7. The van der Waals surface area contributed by atoms with Crippen molar-refractivity contribution < 1.29 is 129 Å². The molecular formula is C59H96O26. The van der Waals surface area contributed by atoms with Crippen molar-refractivity contribution in [3.63, 3.8) is 0 Å². The van der Waals surface area contributed by atoms with Crippen LogP contribution in [-0.4, -0.2) is 262 Å². The van der Waals surface area contributed by atoms with Crippen LogP contribution in [0.4, 0.5) is 0 Å². The Morgan fingerprint density at radius 3 is 1.75 bits per heavy atom. The molecule has 5 saturated heterocycles. The third-order valence-corrected chi connectivity index (χ3v) is 23.1. The second kappa shape index (κ2) is 23.7. The lowest BCUT2D eigenvalue weighted by atomic mass is 9.33. The first-order valence-corrected chi connectivity index (χ1v) is 30.5. The van der Waals surface area contributed by atoms with Crippen LogP contribution in [0, 0.1) is 50.2 Å². The van der Waals surface area contributed by atoms with Crippen LogP contribution >= 0.6 is 0 Å². The van der Waals surface area contributed by atoms with Crippen LogP contribution in [0.5, 0.6) is 0 Å². The second-order valence-electron chi connectivity index (χ2n) is 28.7. The molecule has 0 bridgehead atoms. The molecule has 5 aliphatic carbocycles. The molecule has 26 nitrogen and oxygen atoms in total. The second-order valence-corrected chi connectivity index (χ2v) is 28.7. The Morgan fingerprint density at radius 2 is 1.08 bits per heavy atom. The van der Waals surface area contributed by atoms with Gasteiger partial charge in [-0.1, -0.05) is 53.2 Å². The van der Waals surface area contributed by atoms with Crippen LogP contribution in [0.25, 0.3) is 0 Å². The van der Waals surface area contributed by atoms with Crippen LogP contribution in [-0.2, 0) is 52.2 Å². The van der Waals surface area contributed by atoms with Crippen LogP contribution < -0.4 is 0 Å². The molecule has 35 atom stereocenters. The van der Waals surface area contributed by atoms with Gasteiger partial charge in [0, 0.05) is 5.41 Å². The molecule has 0 amide bonds. The Balaban J connectivity index is 0.874. The largest absolute Gasteiger partial charge is 0.432 e. The lowest BCUT2D eigenvalue weighted by Gasteiger charge is -2.72. The van der Waals surface area contributed by atoms with Gasteiger partial charge in [-0.2, -0.15) is 0 Å². The van der Waals surface area contributed by atoms with Crippen LogP contribution in [0.1, 0.15) is 121 Å². The first kappa shape index (κ1) is 66.2. The summed E-state index contributed by atoms with van der Waals surface area (Å²) in [4.78, 5) is 15.5. The summed E-state index contributed by atoms with van der Waals surface area (Å²) in [5, 5.41) is 168. The van der Waals surface area contributed by atoms with E-state index in [1.807, 2.05) is 6.92 Å². The fraction of sp³-hybridized carbons (Fsp3) is 0.949. The predicted molar refractivity (Wildman–Crippen MR) is 288 cm³/mol. The molecule has 26 heteroatoms. The smallest absolute Gasteiger partial charge is 0.317 e. The lowest BCUT2D eigenvalue weighted by Crippen LogP contribution is -2.70. The first-order valence-electron chi connectivity index (χ1n) is 30.5. The lowest BCUT2D eigenvalue weighted by molar-refractivity contribution is -0.389. The van der Waals surface area contributed by atoms with Crippen LogP contribution in [0.15, 0.2) is 11.6 Å². The highest BCUT2D eigenvalue weighted by molar-refractivity contribution is 5.80. The zero-order valence-corrected chi connectivity index (χ0v) is 50.2. The van der Waals surface area contributed by atoms with E-state index in [2.05, 4.69) is 40.7 Å². The minimum absolute atomic E-state index is 0.111. The van der Waals surface area contributed by atoms with E-state index < -0.39 is 211 Å². The van der Waals surface area contributed by atoms with E-state index in [0.717, 1.165) is 5.57 Å². The number of aliphatic hydroxyl groups is 15. The molecule has 9 fully saturated rings. The van der Waals surface area contributed by atoms with E-state index >= 15 is 4.79 Å². The molecule has 10 rings (SSSR count). The van der Waals surface area contributed by atoms with Gasteiger partial charge in [0.05, 0.1) is 55.9 Å². The summed E-state index contributed by atoms with van der Waals surface area (Å²) in [6, 6.07) is 0. The van der Waals surface area contributed by atoms with E-state index in [1.54, 1.807) is 6.92 Å². The van der Waals surface area contributed by atoms with Crippen molar-refractivity contribution in [3.8, 4) is 0 Å². The van der Waals surface area contributed by atoms with E-state index in [-0.39, 0.29) is 43.1 Å². The van der Waals surface area contributed by atoms with Gasteiger partial charge >= 0.3 is 5.97 Å². The van der Waals surface area contributed by atoms with Crippen molar-refractivity contribution in [1.29, 1.82) is 0 Å². The van der Waals surface area contributed by atoms with Crippen molar-refractivity contribution in [2.45, 2.75) is 286 Å². The highest BCUT2D eigenvalue weighted by Crippen LogP contribution is 2.76. The van der Waals surface area contributed by atoms with Gasteiger partial charge in [-0.15, -0.1) is 0 Å². The van der Waals surface area contributed by atoms with Crippen molar-refractivity contribution in [1.82, 2.24) is 0 Å². The number of ether oxygens (including phenoxy) is 10. The molecule has 10 aliphatic rings. The molecule has 85 heavy (non-hydrogen) atoms. The van der Waals surface area contributed by atoms with Crippen molar-refractivity contribution >= 4 is 5.97 Å². The summed E-state index contributed by atoms with van der Waals surface area (Å²) in [6.07, 6.45) is -35.5. The van der Waals surface area contributed by atoms with E-state index in [0.29, 0.717) is 32.1 Å². The number of aliphatic hydroxyl groups excluding tert-OH is 15. The van der Waals surface area contributed by atoms with Crippen molar-refractivity contribution in [2.75, 3.05) is 13.2 Å². The Bertz CT molecular complexity index is 2400. The monoisotopic (exact) mass is 1220 g/mol. The van der Waals surface area contributed by atoms with Crippen molar-refractivity contribution in [2.24, 2.45) is 50.2 Å². The zero-order valence-electron chi connectivity index (χ0n) is 50.2. The van der Waals surface area contributed by atoms with Gasteiger partial charge in [0.1, 0.15) is 97.0 Å². The van der Waals surface area contributed by atoms with Crippen LogP contribution in [0.2, 0.25) is 0 Å². The summed E-state index contributed by atoms with van der Waals surface area (Å²) in [7, 11) is 0. The highest BCUT2D eigenvalue weighted by atomic mass is 16.8. The van der Waals surface area contributed by atoms with Gasteiger partial charge < -0.3 is 124 Å². The maximum absolute atomic E-state index is 15.5. The van der Waals surface area contributed by atoms with E-state index in [9.17, 15) is 76.6 Å². The molecule has 5 heterocycles. The Labute approximate surface area is 494 Å². The average Bonchev–Trinajstić information content (AvgIpc) is 1.03. The minimum Gasteiger partial charge on any atom is -0.432 e. The quantitative estimate of drug-likeness (QED) is 0.0575. The summed E-state index contributed by atoms with van der Waals surface area (Å²) >= 11 is 0. The summed E-state index contributed by atoms with van der Waals surface area (Å²) < 4.78 is 59.7. The SMILES string of the molecule is CC1OC(OC2C(O)CC3(C)C(CCC4(C)C3CC=C3C5CC(C)(C)CCC5(C(=O)OC5OC(C)C(O)C(OC6OC(C)C(O)C(O)C6OC6OC(C)C(OC7OCC(O)C(O)C7O)C(O)C6O)C5O)C(O)CC34C)C2(C)CO)C(O)C(O)C1O. The maximum atomic E-state index is 15.5. The number of esters is 1. The topological polar surface area (TPSA) is 413 Å². The molecule has 0 aromatic rings. The summed E-state index contributed by atoms with van der Waals surface area (Å²) in [5.41, 5.74) is -3.77. The Morgan fingerprint density at radius 1 is 0.529 bits per heavy atom. The first-order chi connectivity index (χ1) is 39.6. The number of carbonyl (C=O) groups excluding carboxylic acids is 1. The third kappa shape index (κ3) is 10.7. The van der Waals surface area contributed by atoms with Gasteiger partial charge in [-0.3, -0.25) is 4.79 Å². The van der Waals surface area contributed by atoms with Crippen LogP contribution in [0.3, 0.4) is 0 Å². The highest BCUT2D eigenvalue weighted by Gasteiger charge is 2.73.